The van der Waals surface area contributed by atoms with Gasteiger partial charge in [-0.1, -0.05) is 92.6 Å². The summed E-state index contributed by atoms with van der Waals surface area (Å²) in [6.45, 7) is 19.3. The summed E-state index contributed by atoms with van der Waals surface area (Å²) < 4.78 is 170. The van der Waals surface area contributed by atoms with Crippen LogP contribution in [0.5, 0.6) is 0 Å². The SMILES string of the molecule is C=S(C)(=O)Cc1nc(-c2cncc([C@@]34CC[C@@H](c5cc(-c6c(F)cccc6F)nnc53)C4(C)C)n2)oc1Cl.CC1(C)[C@H]2CC[C@]1(c1cncc(-c3nc(CCS(C)(=O)=O)co3)n1)c1nnc(-c3c(F)cccc3F)cc12.CC1(C)[C@H]2CC[C@]1(c1cncc(-c3nc(CO)c(CO)o3)n1)c1nnc(-c3c(F)cccc3F)cc12.C[C@@H](CO)Cn1ccc(-c2cccc([C@@]34CC[C@@H](c5cc(-c6c(F)cccc6F)nnc53)C4(C)C)n2)n1. The number of rotatable bonds is 22. The normalized spacial score (nSPS) is 22.1. The quantitative estimate of drug-likeness (QED) is 0.0419. The standard InChI is InChI=1S/C29H29F2N5O.C27H24ClF2N5O2S.C27H25F2N5O3S.C26H23F2N5O3/c1-17(16-37)15-36-13-11-23(35-36)22-8-5-9-25(32-22)29-12-10-19(28(29,2)3)18-14-24(33-34-27(18)29)26-20(30)6-4-7-21(26)31;1-26(2)15-8-9-27(26,23-14(15)10-18(34-35-23)22-16(29)6-5-7-17(22)30)21-12-31-11-19(32-21)25-33-20(24(28)37-25)13-38(3,4)36;1-26(2)17-7-9-27(26,24-16(17)11-20(33-34-24)23-18(28)5-4-6-19(23)29)22-13-30-12-21(32-22)25-31-15(14-37-25)8-10-38(3,35)36;1-25(2)14-6-7-26(25,21-10-29-9-18(30-21)24-31-19(11-34)20(12-35)36-24)23-13(14)8-17(32-33-23)22-15(27)4-3-5-16(22)28/h4-9,11,13-14,17,19,37H,10,12,15-16H2,1-3H3;5-7,10-12,15H,3,8-9,13H2,1-2,4H3;4-6,11-14,17H,7-10H2,1-3H3;3-5,8-10,14,34-35H,6-7,11-12H2,1-2H3/t17-,19+,29+;15-,27-,38?;17-,27-;14-,26-/m1000/s1. The summed E-state index contributed by atoms with van der Waals surface area (Å²) in [5, 5.41) is 68.5. The number of pyridine rings is 1. The smallest absolute Gasteiger partial charge is 0.248 e. The molecule has 24 rings (SSSR count). The molecule has 3 N–H and O–H groups in total. The molecule has 0 aliphatic heterocycles. The predicted molar refractivity (Wildman–Crippen MR) is 535 cm³/mol. The zero-order valence-electron chi connectivity index (χ0n) is 82.8. The van der Waals surface area contributed by atoms with E-state index in [2.05, 4.69) is 137 Å². The molecule has 0 saturated heterocycles. The van der Waals surface area contributed by atoms with Gasteiger partial charge in [0.05, 0.1) is 160 Å². The minimum absolute atomic E-state index is 0.0302. The second kappa shape index (κ2) is 37.3. The minimum Gasteiger partial charge on any atom is -0.443 e. The van der Waals surface area contributed by atoms with Crippen LogP contribution < -0.4 is 0 Å². The number of fused-ring (bicyclic) bond motifs is 20. The van der Waals surface area contributed by atoms with Crippen LogP contribution in [0.4, 0.5) is 35.1 Å². The summed E-state index contributed by atoms with van der Waals surface area (Å²) >= 11 is 6.23. The van der Waals surface area contributed by atoms with Gasteiger partial charge in [0.15, 0.2) is 5.76 Å². The molecule has 0 radical (unpaired) electrons. The summed E-state index contributed by atoms with van der Waals surface area (Å²) in [5.41, 5.74) is 10.1. The number of halogens is 9. The molecule has 29 nitrogen and oxygen atoms in total. The molecule has 4 saturated carbocycles. The number of aromatic nitrogens is 20. The van der Waals surface area contributed by atoms with Gasteiger partial charge < -0.3 is 28.6 Å². The number of aryl methyl sites for hydroxylation is 1. The van der Waals surface area contributed by atoms with E-state index in [9.17, 15) is 63.1 Å². The Morgan fingerprint density at radius 1 is 0.423 bits per heavy atom. The van der Waals surface area contributed by atoms with Crippen molar-refractivity contribution in [3.63, 3.8) is 0 Å². The van der Waals surface area contributed by atoms with E-state index >= 15 is 0 Å². The lowest BCUT2D eigenvalue weighted by Crippen LogP contribution is -2.38. The molecule has 8 aliphatic carbocycles. The first-order chi connectivity index (χ1) is 71.0. The van der Waals surface area contributed by atoms with Gasteiger partial charge in [0.1, 0.15) is 103 Å². The molecule has 149 heavy (non-hydrogen) atoms. The molecule has 16 aromatic rings. The number of hydrogen-bond donors (Lipinski definition) is 3. The highest BCUT2D eigenvalue weighted by Crippen LogP contribution is 2.74. The number of aliphatic hydroxyl groups excluding tert-OH is 3. The van der Waals surface area contributed by atoms with Crippen LogP contribution in [0.3, 0.4) is 0 Å². The van der Waals surface area contributed by atoms with Gasteiger partial charge in [-0.2, -0.15) is 25.5 Å². The number of nitrogens with zero attached hydrogens (tertiary/aromatic N) is 20. The lowest BCUT2D eigenvalue weighted by atomic mass is 9.66. The van der Waals surface area contributed by atoms with E-state index in [1.54, 1.807) is 43.0 Å². The number of benzene rings is 4. The van der Waals surface area contributed by atoms with Crippen LogP contribution in [0.2, 0.25) is 5.22 Å². The van der Waals surface area contributed by atoms with Crippen LogP contribution in [0.1, 0.15) is 228 Å². The highest BCUT2D eigenvalue weighted by atomic mass is 35.5. The Kier molecular flexibility index (Phi) is 25.3. The third-order valence-corrected chi connectivity index (χ3v) is 34.7. The van der Waals surface area contributed by atoms with E-state index in [4.69, 9.17) is 44.8 Å². The Labute approximate surface area is 856 Å². The van der Waals surface area contributed by atoms with Crippen LogP contribution >= 0.6 is 11.6 Å². The highest BCUT2D eigenvalue weighted by Gasteiger charge is 2.69. The number of hydrogen-bond acceptors (Lipinski definition) is 28. The van der Waals surface area contributed by atoms with Crippen LogP contribution in [-0.2, 0) is 73.0 Å². The number of oxazole rings is 3. The maximum absolute atomic E-state index is 14.5. The zero-order chi connectivity index (χ0) is 105. The van der Waals surface area contributed by atoms with Crippen molar-refractivity contribution < 1.29 is 76.3 Å². The summed E-state index contributed by atoms with van der Waals surface area (Å²) in [5.74, 6) is -0.393. The molecule has 12 heterocycles. The number of sulfone groups is 1. The first-order valence-corrected chi connectivity index (χ1v) is 53.4. The van der Waals surface area contributed by atoms with Gasteiger partial charge in [0.2, 0.25) is 22.9 Å². The van der Waals surface area contributed by atoms with Gasteiger partial charge in [-0.15, -0.1) is 20.4 Å². The van der Waals surface area contributed by atoms with Crippen molar-refractivity contribution in [2.75, 3.05) is 24.9 Å². The third kappa shape index (κ3) is 16.4. The van der Waals surface area contributed by atoms with E-state index in [1.165, 1.54) is 104 Å². The fourth-order valence-corrected chi connectivity index (χ4v) is 26.8. The van der Waals surface area contributed by atoms with Crippen molar-refractivity contribution in [3.8, 4) is 91.2 Å². The Balaban J connectivity index is 0.000000116. The second-order valence-corrected chi connectivity index (χ2v) is 47.4. The van der Waals surface area contributed by atoms with Crippen LogP contribution in [-0.4, -0.2) is 159 Å². The lowest BCUT2D eigenvalue weighted by Gasteiger charge is -2.37. The van der Waals surface area contributed by atoms with Gasteiger partial charge in [0, 0.05) is 56.9 Å². The van der Waals surface area contributed by atoms with Crippen LogP contribution in [0.25, 0.3) is 91.2 Å². The molecule has 1 unspecified atom stereocenters. The summed E-state index contributed by atoms with van der Waals surface area (Å²) in [6, 6.07) is 30.1. The molecule has 40 heteroatoms. The fourth-order valence-electron chi connectivity index (χ4n) is 25.2. The number of aliphatic hydroxyl groups is 3. The summed E-state index contributed by atoms with van der Waals surface area (Å²) in [6.07, 6.45) is 22.6. The average Bonchev–Trinajstić information content (AvgIpc) is 1.53. The van der Waals surface area contributed by atoms with E-state index in [-0.39, 0.29) is 162 Å². The van der Waals surface area contributed by atoms with Gasteiger partial charge in [-0.3, -0.25) is 28.8 Å². The first kappa shape index (κ1) is 101. The Bertz CT molecular complexity index is 8220. The molecule has 12 aromatic heterocycles. The Hall–Kier alpha value is -14.0. The molecule has 0 amide bonds. The molecule has 4 fully saturated rings. The molecule has 8 aliphatic rings. The maximum Gasteiger partial charge on any atom is 0.248 e. The highest BCUT2D eigenvalue weighted by molar-refractivity contribution is 7.98. The van der Waals surface area contributed by atoms with E-state index in [1.807, 2.05) is 48.1 Å². The fraction of sp³-hybridized carbons (Fsp3) is 0.358. The minimum atomic E-state index is -3.13. The van der Waals surface area contributed by atoms with Crippen molar-refractivity contribution in [2.24, 2.45) is 27.6 Å². The molecule has 4 aromatic carbocycles. The molecule has 10 atom stereocenters. The summed E-state index contributed by atoms with van der Waals surface area (Å²) in [4.78, 5) is 46.1. The van der Waals surface area contributed by atoms with Crippen LogP contribution in [0.15, 0.2) is 184 Å². The Morgan fingerprint density at radius 2 is 0.779 bits per heavy atom. The molecule has 8 bridgehead atoms. The van der Waals surface area contributed by atoms with Crippen molar-refractivity contribution in [3.05, 3.63) is 313 Å². The topological polar surface area (TPSA) is 401 Å². The van der Waals surface area contributed by atoms with Crippen molar-refractivity contribution >= 4 is 36.8 Å². The maximum atomic E-state index is 14.5. The second-order valence-electron chi connectivity index (χ2n) is 42.2. The van der Waals surface area contributed by atoms with Crippen LogP contribution in [0, 0.1) is 74.1 Å². The van der Waals surface area contributed by atoms with E-state index in [0.717, 1.165) is 113 Å². The van der Waals surface area contributed by atoms with E-state index in [0.29, 0.717) is 52.1 Å². The van der Waals surface area contributed by atoms with Gasteiger partial charge >= 0.3 is 0 Å². The third-order valence-electron chi connectivity index (χ3n) is 32.6. The average molecular weight is 2090 g/mol. The molecule has 0 spiro atoms. The lowest BCUT2D eigenvalue weighted by molar-refractivity contribution is 0.219. The monoisotopic (exact) mass is 2080 g/mol. The van der Waals surface area contributed by atoms with Gasteiger partial charge in [-0.25, -0.2) is 73.4 Å². The van der Waals surface area contributed by atoms with Crippen molar-refractivity contribution in [2.45, 2.75) is 191 Å². The largest absolute Gasteiger partial charge is 0.443 e. The summed E-state index contributed by atoms with van der Waals surface area (Å²) in [7, 11) is -5.51. The first-order valence-electron chi connectivity index (χ1n) is 48.7. The van der Waals surface area contributed by atoms with Crippen molar-refractivity contribution in [1.29, 1.82) is 0 Å². The molecular weight excluding hydrogens is 1980 g/mol. The van der Waals surface area contributed by atoms with Gasteiger partial charge in [0.25, 0.3) is 0 Å². The van der Waals surface area contributed by atoms with Crippen molar-refractivity contribution in [1.82, 2.24) is 100 Å². The van der Waals surface area contributed by atoms with Gasteiger partial charge in [-0.05, 0) is 243 Å². The van der Waals surface area contributed by atoms with E-state index < -0.39 is 94.2 Å². The molecule has 766 valence electrons. The zero-order valence-corrected chi connectivity index (χ0v) is 85.2. The molecular formula is C109H101ClF8N20O9S2. The predicted octanol–water partition coefficient (Wildman–Crippen LogP) is 19.8. The Morgan fingerprint density at radius 3 is 1.13 bits per heavy atom.